The van der Waals surface area contributed by atoms with E-state index in [1.807, 2.05) is 0 Å². The van der Waals surface area contributed by atoms with Crippen LogP contribution in [0.2, 0.25) is 19.2 Å². The van der Waals surface area contributed by atoms with E-state index in [4.69, 9.17) is 0 Å². The molecule has 2 aliphatic heterocycles. The summed E-state index contributed by atoms with van der Waals surface area (Å²) in [5, 5.41) is 0. The molecule has 0 aliphatic carbocycles. The van der Waals surface area contributed by atoms with Crippen LogP contribution >= 0.6 is 0 Å². The summed E-state index contributed by atoms with van der Waals surface area (Å²) < 4.78 is 4.44. The third-order valence-corrected chi connectivity index (χ3v) is 18.1. The minimum atomic E-state index is -1.39. The first-order chi connectivity index (χ1) is 11.9. The van der Waals surface area contributed by atoms with Crippen LogP contribution in [0.15, 0.2) is 91.0 Å². The molecule has 0 saturated carbocycles. The Morgan fingerprint density at radius 1 is 0.458 bits per heavy atom. The van der Waals surface area contributed by atoms with Gasteiger partial charge in [-0.2, -0.15) is 0 Å². The Morgan fingerprint density at radius 2 is 0.750 bits per heavy atom. The summed E-state index contributed by atoms with van der Waals surface area (Å²) in [7, 11) is 0. The first-order valence-corrected chi connectivity index (χ1v) is 17.5. The van der Waals surface area contributed by atoms with Gasteiger partial charge in [0, 0.05) is 0 Å². The van der Waals surface area contributed by atoms with Crippen molar-refractivity contribution in [3.05, 3.63) is 91.0 Å². The molecule has 2 fully saturated rings. The molecule has 0 unspecified atom stereocenters. The van der Waals surface area contributed by atoms with Crippen molar-refractivity contribution in [3.8, 4) is 0 Å². The second-order valence-electron chi connectivity index (χ2n) is 5.92. The standard InChI is InChI=1S/C18H15As.2C2H4.Pt/c1-4-10-16(11-5-1)19(17-12-6-2-7-13-17)18-14-8-3-9-15-18;2*1-2;/h1-15H;2*1-2H2;. The van der Waals surface area contributed by atoms with Crippen LogP contribution in [0, 0.1) is 0 Å². The molecular weight excluding hydrogens is 534 g/mol. The van der Waals surface area contributed by atoms with Crippen LogP contribution in [-0.4, -0.2) is 14.7 Å². The molecular formula is C22H23AsPt. The van der Waals surface area contributed by atoms with Crippen molar-refractivity contribution >= 4 is 27.7 Å². The monoisotopic (exact) mass is 557 g/mol. The Hall–Kier alpha value is -1.09. The fraction of sp³-hybridized carbons (Fsp3) is 0.182. The van der Waals surface area contributed by atoms with Gasteiger partial charge >= 0.3 is 154 Å². The van der Waals surface area contributed by atoms with Gasteiger partial charge in [-0.3, -0.25) is 0 Å². The van der Waals surface area contributed by atoms with Crippen molar-refractivity contribution < 1.29 is 16.1 Å². The van der Waals surface area contributed by atoms with E-state index in [1.165, 1.54) is 13.1 Å². The van der Waals surface area contributed by atoms with Crippen molar-refractivity contribution in [3.63, 3.8) is 0 Å². The molecule has 2 aliphatic rings. The van der Waals surface area contributed by atoms with Crippen molar-refractivity contribution in [1.29, 1.82) is 0 Å². The second kappa shape index (κ2) is 7.43. The van der Waals surface area contributed by atoms with Crippen molar-refractivity contribution in [2.24, 2.45) is 0 Å². The molecule has 2 heteroatoms. The summed E-state index contributed by atoms with van der Waals surface area (Å²) >= 11 is -1.83. The summed E-state index contributed by atoms with van der Waals surface area (Å²) in [6.45, 7) is 0. The predicted molar refractivity (Wildman–Crippen MR) is 103 cm³/mol. The first kappa shape index (κ1) is 16.4. The molecule has 0 amide bonds. The van der Waals surface area contributed by atoms with E-state index < -0.39 is 30.7 Å². The van der Waals surface area contributed by atoms with E-state index in [2.05, 4.69) is 91.0 Å². The van der Waals surface area contributed by atoms with E-state index in [0.717, 1.165) is 0 Å². The van der Waals surface area contributed by atoms with Crippen LogP contribution < -0.4 is 13.1 Å². The van der Waals surface area contributed by atoms with Gasteiger partial charge in [-0.05, 0) is 0 Å². The molecule has 0 radical (unpaired) electrons. The maximum absolute atomic E-state index is 2.26. The van der Waals surface area contributed by atoms with E-state index in [9.17, 15) is 0 Å². The van der Waals surface area contributed by atoms with Crippen LogP contribution in [0.4, 0.5) is 0 Å². The third-order valence-electron chi connectivity index (χ3n) is 4.25. The van der Waals surface area contributed by atoms with Crippen LogP contribution in [0.1, 0.15) is 0 Å². The van der Waals surface area contributed by atoms with E-state index in [-0.39, 0.29) is 0 Å². The van der Waals surface area contributed by atoms with Gasteiger partial charge in [-0.15, -0.1) is 0 Å². The fourth-order valence-electron chi connectivity index (χ4n) is 2.64. The fourth-order valence-corrected chi connectivity index (χ4v) is 19.1. The van der Waals surface area contributed by atoms with Crippen molar-refractivity contribution in [2.75, 3.05) is 0 Å². The van der Waals surface area contributed by atoms with Crippen LogP contribution in [0.5, 0.6) is 0 Å². The molecule has 0 N–H and O–H groups in total. The Morgan fingerprint density at radius 3 is 0.958 bits per heavy atom. The molecule has 0 atom stereocenters. The Bertz CT molecular complexity index is 655. The Balaban J connectivity index is 0.000000244. The molecule has 0 nitrogen and oxygen atoms in total. The Labute approximate surface area is 153 Å². The molecule has 2 saturated heterocycles. The average molecular weight is 557 g/mol. The molecule has 3 aromatic rings. The zero-order chi connectivity index (χ0) is 16.2. The van der Waals surface area contributed by atoms with Crippen LogP contribution in [-0.2, 0) is 16.1 Å². The molecule has 2 heterocycles. The van der Waals surface area contributed by atoms with Gasteiger partial charge in [0.25, 0.3) is 0 Å². The first-order valence-electron chi connectivity index (χ1n) is 8.30. The SMILES string of the molecule is [CH2]1[CH2][Pt]12[CH2][CH2]2.c1ccc([As](c2ccccc2)c2ccccc2)cc1. The number of hydrogen-bond donors (Lipinski definition) is 0. The van der Waals surface area contributed by atoms with E-state index in [0.29, 0.717) is 0 Å². The van der Waals surface area contributed by atoms with Crippen LogP contribution in [0.3, 0.4) is 0 Å². The molecule has 1 spiro atoms. The van der Waals surface area contributed by atoms with Gasteiger partial charge in [-0.1, -0.05) is 0 Å². The summed E-state index contributed by atoms with van der Waals surface area (Å²) in [5.41, 5.74) is 0. The maximum atomic E-state index is 2.26. The van der Waals surface area contributed by atoms with E-state index in [1.54, 1.807) is 19.2 Å². The van der Waals surface area contributed by atoms with Crippen molar-refractivity contribution in [2.45, 2.75) is 19.2 Å². The second-order valence-corrected chi connectivity index (χ2v) is 21.9. The van der Waals surface area contributed by atoms with Gasteiger partial charge in [-0.25, -0.2) is 0 Å². The summed E-state index contributed by atoms with van der Waals surface area (Å²) in [6.07, 6.45) is 0. The zero-order valence-electron chi connectivity index (χ0n) is 13.8. The minimum absolute atomic E-state index is 0.444. The quantitative estimate of drug-likeness (QED) is 0.427. The topological polar surface area (TPSA) is 0 Å². The summed E-state index contributed by atoms with van der Waals surface area (Å²) in [5.74, 6) is 0. The number of benzene rings is 3. The normalized spacial score (nSPS) is 17.7. The number of hydrogen-bond acceptors (Lipinski definition) is 0. The Kier molecular flexibility index (Phi) is 5.07. The molecule has 126 valence electrons. The molecule has 5 rings (SSSR count). The average Bonchev–Trinajstić information content (AvgIpc) is 3.60. The van der Waals surface area contributed by atoms with Gasteiger partial charge < -0.3 is 0 Å². The molecule has 24 heavy (non-hydrogen) atoms. The van der Waals surface area contributed by atoms with Gasteiger partial charge in [0.2, 0.25) is 0 Å². The van der Waals surface area contributed by atoms with E-state index >= 15 is 0 Å². The summed E-state index contributed by atoms with van der Waals surface area (Å²) in [6, 6.07) is 32.7. The predicted octanol–water partition coefficient (Wildman–Crippen LogP) is 4.04. The third kappa shape index (κ3) is 4.11. The van der Waals surface area contributed by atoms with Gasteiger partial charge in [0.1, 0.15) is 0 Å². The molecule has 3 aromatic carbocycles. The van der Waals surface area contributed by atoms with Gasteiger partial charge in [0.05, 0.1) is 0 Å². The van der Waals surface area contributed by atoms with Crippen LogP contribution in [0.25, 0.3) is 0 Å². The zero-order valence-corrected chi connectivity index (χ0v) is 17.9. The number of rotatable bonds is 3. The van der Waals surface area contributed by atoms with Gasteiger partial charge in [0.15, 0.2) is 0 Å². The molecule has 0 aromatic heterocycles. The molecule has 0 bridgehead atoms. The summed E-state index contributed by atoms with van der Waals surface area (Å²) in [4.78, 5) is 6.97. The van der Waals surface area contributed by atoms with Crippen molar-refractivity contribution in [1.82, 2.24) is 0 Å².